The molecule has 0 aliphatic carbocycles. The minimum Gasteiger partial charge on any atom is -0.395 e. The standard InChI is InChI=1S/C4H8N2O/c1-6-2-4(5)3-7/h2-3,6H,5H2,1H3/b4-2-. The number of nitrogens with one attached hydrogen (secondary N) is 1. The molecule has 0 spiro atoms. The first-order valence-corrected chi connectivity index (χ1v) is 1.89. The maximum Gasteiger partial charge on any atom is 0.167 e. The molecule has 0 aliphatic heterocycles. The van der Waals surface area contributed by atoms with Crippen LogP contribution in [0, 0.1) is 0 Å². The minimum atomic E-state index is 0.211. The Morgan fingerprint density at radius 2 is 2.43 bits per heavy atom. The summed E-state index contributed by atoms with van der Waals surface area (Å²) >= 11 is 0. The molecule has 3 heteroatoms. The average Bonchev–Trinajstić information content (AvgIpc) is 1.68. The molecule has 0 heterocycles. The SMILES string of the molecule is CN/C=C(\N)C=O. The first-order chi connectivity index (χ1) is 3.31. The number of carbonyl (C=O) groups is 1. The molecular weight excluding hydrogens is 92.1 g/mol. The van der Waals surface area contributed by atoms with Gasteiger partial charge < -0.3 is 11.1 Å². The van der Waals surface area contributed by atoms with Crippen molar-refractivity contribution in [2.45, 2.75) is 0 Å². The van der Waals surface area contributed by atoms with Crippen LogP contribution in [0.4, 0.5) is 0 Å². The molecule has 0 amide bonds. The number of carbonyl (C=O) groups excluding carboxylic acids is 1. The summed E-state index contributed by atoms with van der Waals surface area (Å²) in [5.74, 6) is 0. The van der Waals surface area contributed by atoms with Crippen molar-refractivity contribution in [3.05, 3.63) is 11.9 Å². The van der Waals surface area contributed by atoms with Crippen molar-refractivity contribution in [1.82, 2.24) is 5.32 Å². The fourth-order valence-corrected chi connectivity index (χ4v) is 0.201. The zero-order chi connectivity index (χ0) is 5.70. The van der Waals surface area contributed by atoms with Crippen LogP contribution >= 0.6 is 0 Å². The Morgan fingerprint density at radius 3 is 2.57 bits per heavy atom. The Morgan fingerprint density at radius 1 is 1.86 bits per heavy atom. The first kappa shape index (κ1) is 6.01. The molecule has 0 aromatic heterocycles. The summed E-state index contributed by atoms with van der Waals surface area (Å²) in [6.07, 6.45) is 2.00. The van der Waals surface area contributed by atoms with E-state index in [1.54, 1.807) is 7.05 Å². The quantitative estimate of drug-likeness (QED) is 0.353. The summed E-state index contributed by atoms with van der Waals surface area (Å²) in [5.41, 5.74) is 5.22. The zero-order valence-corrected chi connectivity index (χ0v) is 4.14. The van der Waals surface area contributed by atoms with E-state index >= 15 is 0 Å². The lowest BCUT2D eigenvalue weighted by Crippen LogP contribution is -2.04. The predicted molar refractivity (Wildman–Crippen MR) is 27.4 cm³/mol. The van der Waals surface area contributed by atoms with Gasteiger partial charge in [-0.2, -0.15) is 0 Å². The van der Waals surface area contributed by atoms with Crippen LogP contribution < -0.4 is 11.1 Å². The zero-order valence-electron chi connectivity index (χ0n) is 4.14. The molecule has 3 N–H and O–H groups in total. The van der Waals surface area contributed by atoms with E-state index in [0.717, 1.165) is 0 Å². The number of aldehydes is 1. The van der Waals surface area contributed by atoms with Crippen LogP contribution in [0.2, 0.25) is 0 Å². The molecule has 40 valence electrons. The molecule has 0 saturated carbocycles. The number of allylic oxidation sites excluding steroid dienone is 1. The predicted octanol–water partition coefficient (Wildman–Crippen LogP) is -0.795. The maximum absolute atomic E-state index is 9.66. The van der Waals surface area contributed by atoms with Crippen molar-refractivity contribution in [3.63, 3.8) is 0 Å². The molecule has 0 atom stereocenters. The van der Waals surface area contributed by atoms with Crippen molar-refractivity contribution in [2.75, 3.05) is 7.05 Å². The van der Waals surface area contributed by atoms with E-state index in [1.807, 2.05) is 0 Å². The van der Waals surface area contributed by atoms with Gasteiger partial charge in [0.15, 0.2) is 6.29 Å². The molecular formula is C4H8N2O. The highest BCUT2D eigenvalue weighted by molar-refractivity contribution is 5.71. The Labute approximate surface area is 42.2 Å². The lowest BCUT2D eigenvalue weighted by atomic mass is 10.5. The average molecular weight is 100 g/mol. The maximum atomic E-state index is 9.66. The van der Waals surface area contributed by atoms with Crippen LogP contribution in [0.1, 0.15) is 0 Å². The van der Waals surface area contributed by atoms with Gasteiger partial charge in [-0.05, 0) is 0 Å². The Hall–Kier alpha value is -0.990. The van der Waals surface area contributed by atoms with Gasteiger partial charge in [-0.25, -0.2) is 0 Å². The van der Waals surface area contributed by atoms with Crippen LogP contribution in [-0.4, -0.2) is 13.3 Å². The summed E-state index contributed by atoms with van der Waals surface area (Å²) < 4.78 is 0. The van der Waals surface area contributed by atoms with E-state index in [0.29, 0.717) is 6.29 Å². The summed E-state index contributed by atoms with van der Waals surface area (Å²) in [6.45, 7) is 0. The molecule has 3 nitrogen and oxygen atoms in total. The molecule has 0 saturated heterocycles. The normalized spacial score (nSPS) is 10.7. The van der Waals surface area contributed by atoms with E-state index in [1.165, 1.54) is 6.20 Å². The summed E-state index contributed by atoms with van der Waals surface area (Å²) in [6, 6.07) is 0. The third-order valence-corrected chi connectivity index (χ3v) is 0.447. The van der Waals surface area contributed by atoms with Gasteiger partial charge in [0.2, 0.25) is 0 Å². The van der Waals surface area contributed by atoms with Crippen molar-refractivity contribution in [2.24, 2.45) is 5.73 Å². The van der Waals surface area contributed by atoms with Crippen molar-refractivity contribution < 1.29 is 4.79 Å². The van der Waals surface area contributed by atoms with Gasteiger partial charge in [-0.15, -0.1) is 0 Å². The van der Waals surface area contributed by atoms with Crippen LogP contribution in [-0.2, 0) is 4.79 Å². The molecule has 0 aliphatic rings. The Balaban J connectivity index is 3.49. The Kier molecular flexibility index (Phi) is 2.76. The number of nitrogens with two attached hydrogens (primary N) is 1. The third-order valence-electron chi connectivity index (χ3n) is 0.447. The minimum absolute atomic E-state index is 0.211. The van der Waals surface area contributed by atoms with Gasteiger partial charge in [0.25, 0.3) is 0 Å². The van der Waals surface area contributed by atoms with Crippen LogP contribution in [0.5, 0.6) is 0 Å². The lowest BCUT2D eigenvalue weighted by molar-refractivity contribution is -0.105. The largest absolute Gasteiger partial charge is 0.395 e. The van der Waals surface area contributed by atoms with E-state index in [4.69, 9.17) is 5.73 Å². The molecule has 0 aromatic rings. The monoisotopic (exact) mass is 100 g/mol. The third kappa shape index (κ3) is 2.82. The molecule has 7 heavy (non-hydrogen) atoms. The fraction of sp³-hybridized carbons (Fsp3) is 0.250. The highest BCUT2D eigenvalue weighted by Gasteiger charge is 1.76. The second kappa shape index (κ2) is 3.21. The van der Waals surface area contributed by atoms with Gasteiger partial charge in [0.1, 0.15) is 0 Å². The number of rotatable bonds is 2. The van der Waals surface area contributed by atoms with Gasteiger partial charge in [-0.3, -0.25) is 4.79 Å². The molecule has 0 fully saturated rings. The highest BCUT2D eigenvalue weighted by Crippen LogP contribution is 1.66. The Bertz CT molecular complexity index is 87.7. The van der Waals surface area contributed by atoms with Crippen LogP contribution in [0.15, 0.2) is 11.9 Å². The lowest BCUT2D eigenvalue weighted by Gasteiger charge is -1.84. The second-order valence-electron chi connectivity index (χ2n) is 1.05. The molecule has 0 unspecified atom stereocenters. The molecule has 0 aromatic carbocycles. The van der Waals surface area contributed by atoms with E-state index in [2.05, 4.69) is 5.32 Å². The van der Waals surface area contributed by atoms with E-state index in [9.17, 15) is 4.79 Å². The summed E-state index contributed by atoms with van der Waals surface area (Å²) in [4.78, 5) is 9.66. The van der Waals surface area contributed by atoms with E-state index in [-0.39, 0.29) is 5.70 Å². The van der Waals surface area contributed by atoms with Crippen molar-refractivity contribution in [1.29, 1.82) is 0 Å². The van der Waals surface area contributed by atoms with Gasteiger partial charge >= 0.3 is 0 Å². The number of hydrogen-bond donors (Lipinski definition) is 2. The van der Waals surface area contributed by atoms with Crippen LogP contribution in [0.25, 0.3) is 0 Å². The molecule has 0 rings (SSSR count). The summed E-state index contributed by atoms with van der Waals surface area (Å²) in [5, 5.41) is 2.60. The smallest absolute Gasteiger partial charge is 0.167 e. The van der Waals surface area contributed by atoms with Gasteiger partial charge in [0.05, 0.1) is 5.70 Å². The topological polar surface area (TPSA) is 55.1 Å². The van der Waals surface area contributed by atoms with E-state index < -0.39 is 0 Å². The first-order valence-electron chi connectivity index (χ1n) is 1.89. The number of hydrogen-bond acceptors (Lipinski definition) is 3. The molecule has 0 bridgehead atoms. The van der Waals surface area contributed by atoms with Gasteiger partial charge in [0, 0.05) is 13.2 Å². The van der Waals surface area contributed by atoms with Crippen molar-refractivity contribution >= 4 is 6.29 Å². The summed E-state index contributed by atoms with van der Waals surface area (Å²) in [7, 11) is 1.68. The highest BCUT2D eigenvalue weighted by atomic mass is 16.1. The van der Waals surface area contributed by atoms with Gasteiger partial charge in [-0.1, -0.05) is 0 Å². The molecule has 0 radical (unpaired) electrons. The fourth-order valence-electron chi connectivity index (χ4n) is 0.201. The van der Waals surface area contributed by atoms with Crippen LogP contribution in [0.3, 0.4) is 0 Å². The van der Waals surface area contributed by atoms with Crippen molar-refractivity contribution in [3.8, 4) is 0 Å². The second-order valence-corrected chi connectivity index (χ2v) is 1.05.